The molecule has 1 aliphatic carbocycles. The summed E-state index contributed by atoms with van der Waals surface area (Å²) in [5, 5.41) is 0.353. The van der Waals surface area contributed by atoms with Crippen LogP contribution in [-0.4, -0.2) is 11.6 Å². The number of carbonyl (C=O) groups excluding carboxylic acids is 2. The summed E-state index contributed by atoms with van der Waals surface area (Å²) >= 11 is 6.17. The van der Waals surface area contributed by atoms with Crippen molar-refractivity contribution < 1.29 is 9.59 Å². The molecule has 2 nitrogen and oxygen atoms in total. The average Bonchev–Trinajstić information content (AvgIpc) is 2.40. The van der Waals surface area contributed by atoms with Crippen molar-refractivity contribution in [2.24, 2.45) is 0 Å². The van der Waals surface area contributed by atoms with Crippen LogP contribution in [0.25, 0.3) is 0 Å². The fraction of sp³-hybridized carbons (Fsp3) is 0.125. The summed E-state index contributed by atoms with van der Waals surface area (Å²) in [5.41, 5.74) is 3.44. The van der Waals surface area contributed by atoms with Crippen LogP contribution < -0.4 is 0 Å². The molecule has 0 saturated heterocycles. The van der Waals surface area contributed by atoms with Gasteiger partial charge in [-0.2, -0.15) is 0 Å². The van der Waals surface area contributed by atoms with E-state index in [1.54, 1.807) is 30.3 Å². The number of aryl methyl sites for hydroxylation is 1. The Hall–Kier alpha value is -1.93. The Bertz CT molecular complexity index is 745. The molecule has 0 unspecified atom stereocenters. The number of rotatable bonds is 0. The second kappa shape index (κ2) is 4.04. The van der Waals surface area contributed by atoms with Gasteiger partial charge in [0.25, 0.3) is 0 Å². The van der Waals surface area contributed by atoms with Crippen molar-refractivity contribution >= 4 is 23.2 Å². The Labute approximate surface area is 116 Å². The van der Waals surface area contributed by atoms with Crippen LogP contribution in [0.3, 0.4) is 0 Å². The molecule has 1 aliphatic rings. The van der Waals surface area contributed by atoms with Crippen molar-refractivity contribution in [3.63, 3.8) is 0 Å². The zero-order valence-corrected chi connectivity index (χ0v) is 11.3. The van der Waals surface area contributed by atoms with E-state index in [9.17, 15) is 9.59 Å². The summed E-state index contributed by atoms with van der Waals surface area (Å²) < 4.78 is 0. The molecule has 0 fully saturated rings. The average molecular weight is 271 g/mol. The van der Waals surface area contributed by atoms with Crippen molar-refractivity contribution in [3.8, 4) is 0 Å². The third-order valence-corrected chi connectivity index (χ3v) is 3.97. The van der Waals surface area contributed by atoms with Crippen molar-refractivity contribution in [1.82, 2.24) is 0 Å². The van der Waals surface area contributed by atoms with Crippen molar-refractivity contribution in [1.29, 1.82) is 0 Å². The van der Waals surface area contributed by atoms with Crippen LogP contribution in [0.2, 0.25) is 5.02 Å². The van der Waals surface area contributed by atoms with Gasteiger partial charge in [0, 0.05) is 16.7 Å². The molecule has 19 heavy (non-hydrogen) atoms. The zero-order valence-electron chi connectivity index (χ0n) is 10.6. The van der Waals surface area contributed by atoms with Gasteiger partial charge in [0.2, 0.25) is 0 Å². The van der Waals surface area contributed by atoms with Gasteiger partial charge in [-0.3, -0.25) is 9.59 Å². The molecule has 0 heterocycles. The van der Waals surface area contributed by atoms with Gasteiger partial charge in [0.1, 0.15) is 0 Å². The van der Waals surface area contributed by atoms with Crippen LogP contribution in [0.1, 0.15) is 43.0 Å². The van der Waals surface area contributed by atoms with Crippen LogP contribution in [0, 0.1) is 13.8 Å². The molecular weight excluding hydrogens is 260 g/mol. The smallest absolute Gasteiger partial charge is 0.196 e. The highest BCUT2D eigenvalue weighted by molar-refractivity contribution is 6.39. The predicted molar refractivity (Wildman–Crippen MR) is 74.2 cm³/mol. The molecule has 2 aromatic carbocycles. The van der Waals surface area contributed by atoms with Crippen LogP contribution in [0.15, 0.2) is 30.3 Å². The molecule has 0 atom stereocenters. The predicted octanol–water partition coefficient (Wildman–Crippen LogP) is 3.73. The standard InChI is InChI=1S/C16H11ClO2/c1-8-7-12(17)14-13(9(8)2)15(18)10-5-3-4-6-11(10)16(14)19/h3-7H,1-2H3. The van der Waals surface area contributed by atoms with E-state index in [-0.39, 0.29) is 11.6 Å². The number of halogens is 1. The molecule has 3 rings (SSSR count). The van der Waals surface area contributed by atoms with Crippen molar-refractivity contribution in [2.75, 3.05) is 0 Å². The monoisotopic (exact) mass is 270 g/mol. The maximum Gasteiger partial charge on any atom is 0.196 e. The normalized spacial score (nSPS) is 13.2. The molecule has 94 valence electrons. The lowest BCUT2D eigenvalue weighted by molar-refractivity contribution is 0.0978. The topological polar surface area (TPSA) is 34.1 Å². The second-order valence-electron chi connectivity index (χ2n) is 4.75. The fourth-order valence-corrected chi connectivity index (χ4v) is 2.87. The number of hydrogen-bond acceptors (Lipinski definition) is 2. The maximum absolute atomic E-state index is 12.6. The number of hydrogen-bond donors (Lipinski definition) is 0. The second-order valence-corrected chi connectivity index (χ2v) is 5.16. The first-order valence-corrected chi connectivity index (χ1v) is 6.38. The van der Waals surface area contributed by atoms with E-state index in [1.165, 1.54) is 0 Å². The number of benzene rings is 2. The van der Waals surface area contributed by atoms with E-state index in [0.29, 0.717) is 27.3 Å². The minimum Gasteiger partial charge on any atom is -0.289 e. The molecule has 0 bridgehead atoms. The third kappa shape index (κ3) is 1.57. The van der Waals surface area contributed by atoms with E-state index >= 15 is 0 Å². The molecule has 0 amide bonds. The molecule has 0 aromatic heterocycles. The Morgan fingerprint density at radius 1 is 0.895 bits per heavy atom. The maximum atomic E-state index is 12.6. The first-order chi connectivity index (χ1) is 9.02. The van der Waals surface area contributed by atoms with Gasteiger partial charge in [0.15, 0.2) is 11.6 Å². The third-order valence-electron chi connectivity index (χ3n) is 3.67. The first-order valence-electron chi connectivity index (χ1n) is 6.00. The summed E-state index contributed by atoms with van der Waals surface area (Å²) in [6, 6.07) is 8.62. The molecule has 2 aromatic rings. The summed E-state index contributed by atoms with van der Waals surface area (Å²) in [5.74, 6) is -0.286. The molecular formula is C16H11ClO2. The summed E-state index contributed by atoms with van der Waals surface area (Å²) in [6.45, 7) is 3.74. The highest BCUT2D eigenvalue weighted by Crippen LogP contribution is 2.35. The Morgan fingerprint density at radius 3 is 2.00 bits per heavy atom. The van der Waals surface area contributed by atoms with Crippen LogP contribution in [0.4, 0.5) is 0 Å². The van der Waals surface area contributed by atoms with Gasteiger partial charge in [-0.05, 0) is 31.0 Å². The summed E-state index contributed by atoms with van der Waals surface area (Å²) in [4.78, 5) is 25.1. The molecule has 0 radical (unpaired) electrons. The Morgan fingerprint density at radius 2 is 1.42 bits per heavy atom. The van der Waals surface area contributed by atoms with E-state index in [1.807, 2.05) is 13.8 Å². The lowest BCUT2D eigenvalue weighted by Crippen LogP contribution is -2.22. The van der Waals surface area contributed by atoms with E-state index in [2.05, 4.69) is 0 Å². The Kier molecular flexibility index (Phi) is 2.58. The van der Waals surface area contributed by atoms with Crippen molar-refractivity contribution in [3.05, 3.63) is 68.7 Å². The van der Waals surface area contributed by atoms with Crippen molar-refractivity contribution in [2.45, 2.75) is 13.8 Å². The molecule has 0 aliphatic heterocycles. The quantitative estimate of drug-likeness (QED) is 0.624. The number of fused-ring (bicyclic) bond motifs is 2. The van der Waals surface area contributed by atoms with Gasteiger partial charge in [-0.25, -0.2) is 0 Å². The van der Waals surface area contributed by atoms with Gasteiger partial charge in [-0.1, -0.05) is 35.9 Å². The van der Waals surface area contributed by atoms with E-state index in [4.69, 9.17) is 11.6 Å². The minimum atomic E-state index is -0.168. The molecule has 0 N–H and O–H groups in total. The highest BCUT2D eigenvalue weighted by Gasteiger charge is 2.32. The first kappa shape index (κ1) is 12.1. The van der Waals surface area contributed by atoms with Gasteiger partial charge in [-0.15, -0.1) is 0 Å². The van der Waals surface area contributed by atoms with E-state index in [0.717, 1.165) is 11.1 Å². The number of ketones is 2. The lowest BCUT2D eigenvalue weighted by atomic mass is 9.81. The van der Waals surface area contributed by atoms with Gasteiger partial charge < -0.3 is 0 Å². The van der Waals surface area contributed by atoms with Crippen LogP contribution in [0.5, 0.6) is 0 Å². The zero-order chi connectivity index (χ0) is 13.7. The molecule has 0 spiro atoms. The fourth-order valence-electron chi connectivity index (χ4n) is 2.53. The molecule has 3 heteroatoms. The lowest BCUT2D eigenvalue weighted by Gasteiger charge is -2.21. The minimum absolute atomic E-state index is 0.117. The highest BCUT2D eigenvalue weighted by atomic mass is 35.5. The molecule has 0 saturated carbocycles. The summed E-state index contributed by atoms with van der Waals surface area (Å²) in [7, 11) is 0. The number of carbonyl (C=O) groups is 2. The van der Waals surface area contributed by atoms with E-state index < -0.39 is 0 Å². The van der Waals surface area contributed by atoms with Gasteiger partial charge >= 0.3 is 0 Å². The SMILES string of the molecule is Cc1cc(Cl)c2c(c1C)C(=O)c1ccccc1C2=O. The van der Waals surface area contributed by atoms with Gasteiger partial charge in [0.05, 0.1) is 10.6 Å². The van der Waals surface area contributed by atoms with Crippen LogP contribution in [-0.2, 0) is 0 Å². The van der Waals surface area contributed by atoms with Crippen LogP contribution >= 0.6 is 11.6 Å². The Balaban J connectivity index is 2.43. The summed E-state index contributed by atoms with van der Waals surface area (Å²) in [6.07, 6.45) is 0. The largest absolute Gasteiger partial charge is 0.289 e.